The summed E-state index contributed by atoms with van der Waals surface area (Å²) in [5, 5.41) is 4.52. The van der Waals surface area contributed by atoms with Crippen molar-refractivity contribution in [2.45, 2.75) is 72.1 Å². The quantitative estimate of drug-likeness (QED) is 0.386. The maximum absolute atomic E-state index is 12.1. The van der Waals surface area contributed by atoms with Gasteiger partial charge in [0.2, 0.25) is 0 Å². The summed E-state index contributed by atoms with van der Waals surface area (Å²) in [6.07, 6.45) is 5.13. The minimum Gasteiger partial charge on any atom is -1.00 e. The molecule has 0 aliphatic heterocycles. The zero-order valence-electron chi connectivity index (χ0n) is 18.2. The Hall–Kier alpha value is 0.431. The molecule has 0 bridgehead atoms. The van der Waals surface area contributed by atoms with Crippen molar-refractivity contribution in [2.75, 3.05) is 6.16 Å². The second kappa shape index (κ2) is 17.5. The van der Waals surface area contributed by atoms with Crippen LogP contribution < -0.4 is 31.3 Å². The minimum absolute atomic E-state index is 0. The number of rotatable bonds is 3. The van der Waals surface area contributed by atoms with Crippen molar-refractivity contribution >= 4 is 19.5 Å². The van der Waals surface area contributed by atoms with Crippen molar-refractivity contribution in [3.8, 4) is 0 Å². The molecule has 0 aliphatic carbocycles. The van der Waals surface area contributed by atoms with Crippen molar-refractivity contribution in [2.24, 2.45) is 0 Å². The SMILES string of the molecule is CC(C)(C)[PH+](CC(=O)[N-]c1cccnc1)C(C)(C)C.CCC.[CH3-].[Cl-].[Li+].[Ni+2]. The van der Waals surface area contributed by atoms with E-state index in [0.29, 0.717) is 11.8 Å². The van der Waals surface area contributed by atoms with Gasteiger partial charge in [-0.2, -0.15) is 0 Å². The summed E-state index contributed by atoms with van der Waals surface area (Å²) < 4.78 is 0. The number of hydrogen-bond acceptors (Lipinski definition) is 2. The molecule has 0 saturated heterocycles. The molecule has 0 radical (unpaired) electrons. The van der Waals surface area contributed by atoms with Gasteiger partial charge in [0.1, 0.15) is 0 Å². The Morgan fingerprint density at radius 2 is 1.54 bits per heavy atom. The van der Waals surface area contributed by atoms with E-state index in [0.717, 1.165) is 0 Å². The number of pyridine rings is 1. The second-order valence-corrected chi connectivity index (χ2v) is 11.9. The zero-order valence-corrected chi connectivity index (χ0v) is 21.0. The number of aromatic nitrogens is 1. The molecule has 7 heteroatoms. The van der Waals surface area contributed by atoms with Crippen LogP contribution in [0.4, 0.5) is 5.69 Å². The Bertz CT molecular complexity index is 437. The van der Waals surface area contributed by atoms with Gasteiger partial charge in [-0.05, 0) is 47.6 Å². The van der Waals surface area contributed by atoms with E-state index >= 15 is 0 Å². The van der Waals surface area contributed by atoms with Crippen LogP contribution in [-0.2, 0) is 21.3 Å². The number of hydrogen-bond donors (Lipinski definition) is 0. The summed E-state index contributed by atoms with van der Waals surface area (Å²) in [6, 6.07) is 3.61. The second-order valence-electron chi connectivity index (χ2n) is 7.58. The molecule has 1 aromatic rings. The average molecular weight is 441 g/mol. The molecule has 0 unspecified atom stereocenters. The maximum atomic E-state index is 12.1. The fourth-order valence-corrected chi connectivity index (χ4v) is 6.10. The molecule has 0 saturated carbocycles. The van der Waals surface area contributed by atoms with E-state index in [4.69, 9.17) is 0 Å². The zero-order chi connectivity index (χ0) is 17.4. The molecule has 1 heterocycles. The van der Waals surface area contributed by atoms with Crippen molar-refractivity contribution in [3.05, 3.63) is 37.3 Å². The number of carbonyl (C=O) groups excluding carboxylic acids is 1. The first-order chi connectivity index (χ1) is 10.0. The molecule has 1 rings (SSSR count). The third kappa shape index (κ3) is 16.6. The van der Waals surface area contributed by atoms with Crippen LogP contribution in [0.3, 0.4) is 0 Å². The predicted molar refractivity (Wildman–Crippen MR) is 107 cm³/mol. The van der Waals surface area contributed by atoms with Gasteiger partial charge in [-0.25, -0.2) is 0 Å². The molecule has 0 atom stereocenters. The van der Waals surface area contributed by atoms with Gasteiger partial charge in [0.15, 0.2) is 0 Å². The van der Waals surface area contributed by atoms with E-state index in [-0.39, 0.29) is 71.4 Å². The van der Waals surface area contributed by atoms with E-state index in [1.54, 1.807) is 18.5 Å². The smallest absolute Gasteiger partial charge is 1.00 e. The molecule has 0 aromatic carbocycles. The van der Waals surface area contributed by atoms with E-state index in [1.807, 2.05) is 6.07 Å². The summed E-state index contributed by atoms with van der Waals surface area (Å²) in [5.41, 5.74) is 0.650. The molecule has 26 heavy (non-hydrogen) atoms. The Kier molecular flexibility index (Phi) is 25.1. The molecule has 0 fully saturated rings. The average Bonchev–Trinajstić information content (AvgIpc) is 2.35. The summed E-state index contributed by atoms with van der Waals surface area (Å²) in [5.74, 6) is -0.0215. The number of halogens is 1. The summed E-state index contributed by atoms with van der Waals surface area (Å²) in [4.78, 5) is 16.1. The molecular weight excluding hydrogens is 404 g/mol. The third-order valence-electron chi connectivity index (χ3n) is 3.04. The van der Waals surface area contributed by atoms with Gasteiger partial charge in [-0.3, -0.25) is 4.98 Å². The minimum atomic E-state index is -0.858. The van der Waals surface area contributed by atoms with Crippen molar-refractivity contribution in [1.82, 2.24) is 4.98 Å². The Morgan fingerprint density at radius 3 is 1.85 bits per heavy atom. The van der Waals surface area contributed by atoms with Crippen LogP contribution in [0.25, 0.3) is 5.32 Å². The van der Waals surface area contributed by atoms with Gasteiger partial charge in [-0.15, -0.1) is 5.69 Å². The number of carbonyl (C=O) groups is 1. The van der Waals surface area contributed by atoms with Crippen LogP contribution in [0.15, 0.2) is 24.5 Å². The van der Waals surface area contributed by atoms with Gasteiger partial charge < -0.3 is 29.9 Å². The van der Waals surface area contributed by atoms with Crippen molar-refractivity contribution in [3.63, 3.8) is 0 Å². The van der Waals surface area contributed by atoms with Crippen LogP contribution >= 0.6 is 7.92 Å². The molecular formula is C19H36ClLiN2NiOP+. The van der Waals surface area contributed by atoms with Gasteiger partial charge in [0, 0.05) is 20.3 Å². The molecule has 1 aromatic heterocycles. The molecule has 0 N–H and O–H groups in total. The topological polar surface area (TPSA) is 44.1 Å². The molecule has 3 nitrogen and oxygen atoms in total. The third-order valence-corrected chi connectivity index (χ3v) is 7.32. The molecule has 1 amide bonds. The van der Waals surface area contributed by atoms with E-state index in [2.05, 4.69) is 65.7 Å². The van der Waals surface area contributed by atoms with Gasteiger partial charge >= 0.3 is 35.4 Å². The fourth-order valence-electron chi connectivity index (χ4n) is 2.41. The molecule has 0 spiro atoms. The standard InChI is InChI=1S/C15H25N2OP.C3H8.CH3.ClH.Li.Ni/c1-14(2,3)19(15(4,5)6)11-13(18)17-12-8-7-9-16-10-12;1-3-2;;;;/h7-10H,11H2,1-6H3,(H,17,18);3H2,1-2H3;1H3;1H;;/q;;-1;;+1;+2/p-1. The van der Waals surface area contributed by atoms with E-state index in [9.17, 15) is 4.79 Å². The van der Waals surface area contributed by atoms with Crippen LogP contribution in [0, 0.1) is 7.43 Å². The first-order valence-electron chi connectivity index (χ1n) is 8.03. The summed E-state index contributed by atoms with van der Waals surface area (Å²) in [6.45, 7) is 17.6. The maximum Gasteiger partial charge on any atom is 2.00 e. The first-order valence-corrected chi connectivity index (χ1v) is 9.74. The monoisotopic (exact) mass is 439 g/mol. The van der Waals surface area contributed by atoms with Crippen molar-refractivity contribution < 1.29 is 52.6 Å². The van der Waals surface area contributed by atoms with E-state index < -0.39 is 7.92 Å². The number of nitrogens with zero attached hydrogens (tertiary/aromatic N) is 2. The molecule has 150 valence electrons. The molecule has 0 aliphatic rings. The largest absolute Gasteiger partial charge is 2.00 e. The van der Waals surface area contributed by atoms with Gasteiger partial charge in [-0.1, -0.05) is 26.3 Å². The Balaban J connectivity index is -0.000000196. The van der Waals surface area contributed by atoms with Crippen molar-refractivity contribution in [1.29, 1.82) is 0 Å². The number of amides is 1. The van der Waals surface area contributed by atoms with E-state index in [1.165, 1.54) is 6.42 Å². The summed E-state index contributed by atoms with van der Waals surface area (Å²) >= 11 is 0. The van der Waals surface area contributed by atoms with Gasteiger partial charge in [0.25, 0.3) is 0 Å². The van der Waals surface area contributed by atoms with Crippen LogP contribution in [0.5, 0.6) is 0 Å². The Labute approximate surface area is 191 Å². The summed E-state index contributed by atoms with van der Waals surface area (Å²) in [7, 11) is -0.858. The van der Waals surface area contributed by atoms with Gasteiger partial charge in [0.05, 0.1) is 22.4 Å². The Morgan fingerprint density at radius 1 is 1.12 bits per heavy atom. The predicted octanol–water partition coefficient (Wildman–Crippen LogP) is 0.297. The normalized spacial score (nSPS) is 9.88. The van der Waals surface area contributed by atoms with Crippen LogP contribution in [0.2, 0.25) is 0 Å². The first kappa shape index (κ1) is 37.2. The van der Waals surface area contributed by atoms with Crippen LogP contribution in [0.1, 0.15) is 61.8 Å². The fraction of sp³-hybridized carbons (Fsp3) is 0.632. The van der Waals surface area contributed by atoms with Crippen LogP contribution in [-0.4, -0.2) is 27.4 Å².